The van der Waals surface area contributed by atoms with Crippen LogP contribution >= 0.6 is 0 Å². The maximum Gasteiger partial charge on any atom is 0.305 e. The maximum absolute atomic E-state index is 10.9. The largest absolute Gasteiger partial charge is 0.469 e. The van der Waals surface area contributed by atoms with Gasteiger partial charge in [0.05, 0.1) is 7.11 Å². The average molecular weight is 243 g/mol. The molecule has 0 N–H and O–H groups in total. The highest BCUT2D eigenvalue weighted by atomic mass is 16.5. The van der Waals surface area contributed by atoms with E-state index in [0.29, 0.717) is 6.42 Å². The van der Waals surface area contributed by atoms with Crippen LogP contribution in [0.3, 0.4) is 0 Å². The molecule has 0 bridgehead atoms. The summed E-state index contributed by atoms with van der Waals surface area (Å²) >= 11 is 0. The predicted molar refractivity (Wildman–Crippen MR) is 70.2 cm³/mol. The first-order valence-corrected chi connectivity index (χ1v) is 5.95. The number of carbonyl (C=O) groups is 1. The Labute approximate surface area is 104 Å². The Kier molecular flexibility index (Phi) is 8.19. The third-order valence-electron chi connectivity index (χ3n) is 2.32. The number of hydrogen-bond acceptors (Lipinski definition) is 3. The maximum atomic E-state index is 10.9. The summed E-state index contributed by atoms with van der Waals surface area (Å²) in [5.74, 6) is 0.841. The van der Waals surface area contributed by atoms with Crippen LogP contribution < -0.4 is 0 Å². The smallest absolute Gasteiger partial charge is 0.305 e. The van der Waals surface area contributed by atoms with E-state index in [4.69, 9.17) is 0 Å². The van der Waals surface area contributed by atoms with E-state index < -0.39 is 0 Å². The van der Waals surface area contributed by atoms with Crippen molar-refractivity contribution in [3.05, 3.63) is 0 Å². The molecule has 0 aromatic heterocycles. The number of unbranched alkanes of at least 4 members (excludes halogenated alkanes) is 2. The molecule has 0 radical (unpaired) electrons. The van der Waals surface area contributed by atoms with Gasteiger partial charge in [-0.25, -0.2) is 0 Å². The Morgan fingerprint density at radius 3 is 2.12 bits per heavy atom. The van der Waals surface area contributed by atoms with Gasteiger partial charge in [-0.15, -0.1) is 0 Å². The third-order valence-corrected chi connectivity index (χ3v) is 2.32. The van der Waals surface area contributed by atoms with Crippen molar-refractivity contribution < 1.29 is 9.53 Å². The highest BCUT2D eigenvalue weighted by Gasteiger charge is 2.03. The Balaban J connectivity index is 3.74. The van der Waals surface area contributed by atoms with E-state index in [-0.39, 0.29) is 5.97 Å². The second-order valence-corrected chi connectivity index (χ2v) is 4.36. The summed E-state index contributed by atoms with van der Waals surface area (Å²) in [7, 11) is 9.35. The second-order valence-electron chi connectivity index (χ2n) is 4.36. The van der Waals surface area contributed by atoms with Crippen LogP contribution in [0.2, 0.25) is 0 Å². The molecule has 0 aliphatic heterocycles. The quantitative estimate of drug-likeness (QED) is 0.304. The second kappa shape index (κ2) is 8.84. The monoisotopic (exact) mass is 243 g/mol. The van der Waals surface area contributed by atoms with Gasteiger partial charge < -0.3 is 14.5 Å². The number of hydrogen-bond donors (Lipinski definition) is 0. The molecule has 0 aliphatic carbocycles. The Bertz CT molecular complexity index is 240. The molecule has 0 aliphatic rings. The van der Waals surface area contributed by atoms with Gasteiger partial charge >= 0.3 is 5.97 Å². The Morgan fingerprint density at radius 1 is 1.06 bits per heavy atom. The molecule has 0 amide bonds. The number of rotatable bonds is 6. The number of nitrogens with zero attached hydrogens (tertiary/aromatic N) is 3. The molecule has 17 heavy (non-hydrogen) atoms. The van der Waals surface area contributed by atoms with Gasteiger partial charge in [0.15, 0.2) is 5.96 Å². The summed E-state index contributed by atoms with van der Waals surface area (Å²) in [5.41, 5.74) is 0. The van der Waals surface area contributed by atoms with E-state index in [1.807, 2.05) is 38.0 Å². The van der Waals surface area contributed by atoms with E-state index in [9.17, 15) is 4.79 Å². The lowest BCUT2D eigenvalue weighted by Crippen LogP contribution is -2.35. The summed E-state index contributed by atoms with van der Waals surface area (Å²) in [6.07, 6.45) is 3.39. The minimum Gasteiger partial charge on any atom is -0.469 e. The van der Waals surface area contributed by atoms with Crippen LogP contribution in [0.4, 0.5) is 0 Å². The molecule has 0 aromatic carbocycles. The highest BCUT2D eigenvalue weighted by molar-refractivity contribution is 5.79. The van der Waals surface area contributed by atoms with Crippen molar-refractivity contribution in [3.63, 3.8) is 0 Å². The summed E-state index contributed by atoms with van der Waals surface area (Å²) < 4.78 is 4.58. The van der Waals surface area contributed by atoms with Crippen LogP contribution in [-0.2, 0) is 9.53 Å². The van der Waals surface area contributed by atoms with Crippen molar-refractivity contribution >= 4 is 11.9 Å². The van der Waals surface area contributed by atoms with Gasteiger partial charge in [0.2, 0.25) is 0 Å². The summed E-state index contributed by atoms with van der Waals surface area (Å²) in [6.45, 7) is 0.798. The van der Waals surface area contributed by atoms with E-state index in [0.717, 1.165) is 31.8 Å². The van der Waals surface area contributed by atoms with Gasteiger partial charge in [-0.2, -0.15) is 0 Å². The van der Waals surface area contributed by atoms with Crippen molar-refractivity contribution in [2.45, 2.75) is 25.7 Å². The van der Waals surface area contributed by atoms with Crippen LogP contribution in [0.15, 0.2) is 4.99 Å². The van der Waals surface area contributed by atoms with Gasteiger partial charge in [-0.3, -0.25) is 9.79 Å². The van der Waals surface area contributed by atoms with Crippen molar-refractivity contribution in [1.82, 2.24) is 9.80 Å². The zero-order chi connectivity index (χ0) is 13.3. The standard InChI is InChI=1S/C12H25N3O2/c1-14(2)12(15(3)4)13-10-8-6-7-9-11(16)17-5/h6-10H2,1-5H3. The van der Waals surface area contributed by atoms with Gasteiger partial charge in [-0.05, 0) is 12.8 Å². The summed E-state index contributed by atoms with van der Waals surface area (Å²) in [4.78, 5) is 19.4. The van der Waals surface area contributed by atoms with Crippen molar-refractivity contribution in [3.8, 4) is 0 Å². The number of carbonyl (C=O) groups excluding carboxylic acids is 1. The molecule has 0 saturated heterocycles. The fourth-order valence-electron chi connectivity index (χ4n) is 1.52. The normalized spacial score (nSPS) is 9.71. The molecule has 0 fully saturated rings. The third kappa shape index (κ3) is 7.60. The lowest BCUT2D eigenvalue weighted by Gasteiger charge is -2.22. The highest BCUT2D eigenvalue weighted by Crippen LogP contribution is 2.02. The molecule has 0 heterocycles. The van der Waals surface area contributed by atoms with Gasteiger partial charge in [-0.1, -0.05) is 6.42 Å². The molecule has 0 aromatic rings. The van der Waals surface area contributed by atoms with Crippen LogP contribution in [0.25, 0.3) is 0 Å². The number of aliphatic imine (C=N–C) groups is 1. The number of esters is 1. The Morgan fingerprint density at radius 2 is 1.65 bits per heavy atom. The van der Waals surface area contributed by atoms with Crippen LogP contribution in [0, 0.1) is 0 Å². The van der Waals surface area contributed by atoms with Gasteiger partial charge in [0.1, 0.15) is 0 Å². The molecule has 0 unspecified atom stereocenters. The summed E-state index contributed by atoms with van der Waals surface area (Å²) in [5, 5.41) is 0. The van der Waals surface area contributed by atoms with E-state index >= 15 is 0 Å². The average Bonchev–Trinajstić information content (AvgIpc) is 2.26. The lowest BCUT2D eigenvalue weighted by atomic mass is 10.2. The minimum absolute atomic E-state index is 0.129. The zero-order valence-electron chi connectivity index (χ0n) is 11.7. The van der Waals surface area contributed by atoms with E-state index in [1.165, 1.54) is 7.11 Å². The van der Waals surface area contributed by atoms with Crippen molar-refractivity contribution in [2.24, 2.45) is 4.99 Å². The molecule has 5 nitrogen and oxygen atoms in total. The first kappa shape index (κ1) is 15.7. The molecule has 0 spiro atoms. The summed E-state index contributed by atoms with van der Waals surface area (Å²) in [6, 6.07) is 0. The first-order valence-electron chi connectivity index (χ1n) is 5.95. The SMILES string of the molecule is COC(=O)CCCCCN=C(N(C)C)N(C)C. The molecular formula is C12H25N3O2. The lowest BCUT2D eigenvalue weighted by molar-refractivity contribution is -0.140. The number of methoxy groups -OCH3 is 1. The van der Waals surface area contributed by atoms with E-state index in [1.54, 1.807) is 0 Å². The molecule has 0 saturated carbocycles. The molecular weight excluding hydrogens is 218 g/mol. The molecule has 100 valence electrons. The topological polar surface area (TPSA) is 45.1 Å². The zero-order valence-corrected chi connectivity index (χ0v) is 11.7. The predicted octanol–water partition coefficient (Wildman–Crippen LogP) is 1.20. The number of ether oxygens (including phenoxy) is 1. The van der Waals surface area contributed by atoms with Crippen LogP contribution in [0.5, 0.6) is 0 Å². The van der Waals surface area contributed by atoms with Gasteiger partial charge in [0, 0.05) is 41.2 Å². The van der Waals surface area contributed by atoms with Crippen LogP contribution in [-0.4, -0.2) is 63.6 Å². The van der Waals surface area contributed by atoms with Crippen LogP contribution in [0.1, 0.15) is 25.7 Å². The molecule has 0 atom stereocenters. The fraction of sp³-hybridized carbons (Fsp3) is 0.833. The fourth-order valence-corrected chi connectivity index (χ4v) is 1.52. The molecule has 5 heteroatoms. The Hall–Kier alpha value is -1.26. The number of guanidine groups is 1. The molecule has 0 rings (SSSR count). The van der Waals surface area contributed by atoms with Crippen molar-refractivity contribution in [1.29, 1.82) is 0 Å². The minimum atomic E-state index is -0.129. The first-order chi connectivity index (χ1) is 7.99. The van der Waals surface area contributed by atoms with Crippen molar-refractivity contribution in [2.75, 3.05) is 41.8 Å². The van der Waals surface area contributed by atoms with Gasteiger partial charge in [0.25, 0.3) is 0 Å². The van der Waals surface area contributed by atoms with E-state index in [2.05, 4.69) is 9.73 Å².